The lowest BCUT2D eigenvalue weighted by Gasteiger charge is -1.97. The van der Waals surface area contributed by atoms with Gasteiger partial charge in [-0.2, -0.15) is 0 Å². The first-order valence-corrected chi connectivity index (χ1v) is 8.10. The zero-order chi connectivity index (χ0) is 17.6. The first-order chi connectivity index (χ1) is 12.1. The predicted octanol–water partition coefficient (Wildman–Crippen LogP) is 3.77. The lowest BCUT2D eigenvalue weighted by molar-refractivity contribution is -0.384. The number of nitro groups is 1. The molecular formula is C17H12N4O3S. The summed E-state index contributed by atoms with van der Waals surface area (Å²) < 4.78 is 0. The van der Waals surface area contributed by atoms with E-state index in [4.69, 9.17) is 0 Å². The van der Waals surface area contributed by atoms with Crippen molar-refractivity contribution in [2.75, 3.05) is 5.32 Å². The molecule has 7 nitrogen and oxygen atoms in total. The normalized spacial score (nSPS) is 10.7. The number of rotatable bonds is 5. The van der Waals surface area contributed by atoms with Crippen molar-refractivity contribution in [3.8, 4) is 11.4 Å². The summed E-state index contributed by atoms with van der Waals surface area (Å²) in [6.07, 6.45) is 4.49. The summed E-state index contributed by atoms with van der Waals surface area (Å²) in [5.41, 5.74) is 1.95. The number of amides is 1. The molecule has 1 aromatic carbocycles. The van der Waals surface area contributed by atoms with Gasteiger partial charge in [-0.15, -0.1) is 11.3 Å². The van der Waals surface area contributed by atoms with Crippen LogP contribution in [0.3, 0.4) is 0 Å². The highest BCUT2D eigenvalue weighted by atomic mass is 32.1. The van der Waals surface area contributed by atoms with E-state index in [0.29, 0.717) is 16.4 Å². The first kappa shape index (κ1) is 16.5. The van der Waals surface area contributed by atoms with Gasteiger partial charge in [-0.3, -0.25) is 25.2 Å². The monoisotopic (exact) mass is 352 g/mol. The van der Waals surface area contributed by atoms with Crippen molar-refractivity contribution in [2.24, 2.45) is 0 Å². The lowest BCUT2D eigenvalue weighted by Crippen LogP contribution is -2.07. The molecule has 0 saturated heterocycles. The number of carbonyl (C=O) groups is 1. The predicted molar refractivity (Wildman–Crippen MR) is 96.1 cm³/mol. The summed E-state index contributed by atoms with van der Waals surface area (Å²) in [6, 6.07) is 11.6. The maximum atomic E-state index is 12.0. The van der Waals surface area contributed by atoms with E-state index < -0.39 is 4.92 Å². The van der Waals surface area contributed by atoms with Crippen molar-refractivity contribution in [3.05, 3.63) is 75.8 Å². The lowest BCUT2D eigenvalue weighted by atomic mass is 10.2. The Morgan fingerprint density at radius 3 is 2.84 bits per heavy atom. The van der Waals surface area contributed by atoms with Gasteiger partial charge in [0.1, 0.15) is 5.69 Å². The maximum absolute atomic E-state index is 12.0. The Balaban J connectivity index is 1.66. The van der Waals surface area contributed by atoms with E-state index in [0.717, 1.165) is 5.69 Å². The highest BCUT2D eigenvalue weighted by Crippen LogP contribution is 2.23. The first-order valence-electron chi connectivity index (χ1n) is 7.22. The fourth-order valence-electron chi connectivity index (χ4n) is 2.02. The molecule has 0 radical (unpaired) electrons. The second-order valence-electron chi connectivity index (χ2n) is 4.93. The van der Waals surface area contributed by atoms with E-state index in [2.05, 4.69) is 15.3 Å². The summed E-state index contributed by atoms with van der Waals surface area (Å²) in [4.78, 5) is 30.7. The molecule has 3 aromatic rings. The zero-order valence-electron chi connectivity index (χ0n) is 12.8. The largest absolute Gasteiger partial charge is 0.298 e. The molecule has 25 heavy (non-hydrogen) atoms. The molecule has 0 saturated carbocycles. The maximum Gasteiger partial charge on any atom is 0.270 e. The van der Waals surface area contributed by atoms with Crippen LogP contribution in [-0.2, 0) is 4.79 Å². The highest BCUT2D eigenvalue weighted by Gasteiger charge is 2.07. The van der Waals surface area contributed by atoms with Crippen LogP contribution >= 0.6 is 11.3 Å². The highest BCUT2D eigenvalue weighted by molar-refractivity contribution is 7.14. The summed E-state index contributed by atoms with van der Waals surface area (Å²) in [6.45, 7) is 0. The molecule has 1 amide bonds. The molecule has 0 aliphatic carbocycles. The smallest absolute Gasteiger partial charge is 0.270 e. The molecule has 0 bridgehead atoms. The average molecular weight is 352 g/mol. The molecule has 0 spiro atoms. The molecule has 124 valence electrons. The number of non-ortho nitro benzene ring substituents is 1. The van der Waals surface area contributed by atoms with Gasteiger partial charge in [0, 0.05) is 29.8 Å². The van der Waals surface area contributed by atoms with Crippen LogP contribution in [0.25, 0.3) is 17.5 Å². The van der Waals surface area contributed by atoms with E-state index in [1.54, 1.807) is 18.3 Å². The average Bonchev–Trinajstić information content (AvgIpc) is 3.09. The van der Waals surface area contributed by atoms with Crippen molar-refractivity contribution in [1.82, 2.24) is 9.97 Å². The summed E-state index contributed by atoms with van der Waals surface area (Å²) in [5.74, 6) is -0.367. The fraction of sp³-hybridized carbons (Fsp3) is 0. The number of carbonyl (C=O) groups excluding carboxylic acids is 1. The van der Waals surface area contributed by atoms with Crippen molar-refractivity contribution < 1.29 is 9.72 Å². The molecule has 3 rings (SSSR count). The fourth-order valence-corrected chi connectivity index (χ4v) is 2.73. The Morgan fingerprint density at radius 1 is 1.20 bits per heavy atom. The van der Waals surface area contributed by atoms with Crippen LogP contribution in [0.1, 0.15) is 5.56 Å². The second-order valence-corrected chi connectivity index (χ2v) is 5.79. The van der Waals surface area contributed by atoms with Crippen molar-refractivity contribution in [3.63, 3.8) is 0 Å². The van der Waals surface area contributed by atoms with Gasteiger partial charge in [0.25, 0.3) is 5.69 Å². The molecule has 2 aromatic heterocycles. The quantitative estimate of drug-likeness (QED) is 0.428. The van der Waals surface area contributed by atoms with Gasteiger partial charge >= 0.3 is 0 Å². The number of aromatic nitrogens is 2. The Hall–Kier alpha value is -3.39. The SMILES string of the molecule is O=C(/C=C/c1cccc([N+](=O)[O-])c1)Nc1nc(-c2ccccn2)cs1. The number of pyridine rings is 1. The van der Waals surface area contributed by atoms with Gasteiger partial charge in [-0.25, -0.2) is 4.98 Å². The molecule has 0 unspecified atom stereocenters. The van der Waals surface area contributed by atoms with Gasteiger partial charge in [-0.05, 0) is 23.8 Å². The topological polar surface area (TPSA) is 98.0 Å². The molecule has 8 heteroatoms. The third-order valence-corrected chi connectivity index (χ3v) is 3.93. The summed E-state index contributed by atoms with van der Waals surface area (Å²) >= 11 is 1.29. The third kappa shape index (κ3) is 4.33. The number of nitrogens with one attached hydrogen (secondary N) is 1. The van der Waals surface area contributed by atoms with Crippen LogP contribution in [0, 0.1) is 10.1 Å². The van der Waals surface area contributed by atoms with E-state index in [-0.39, 0.29) is 11.6 Å². The second kappa shape index (κ2) is 7.45. The van der Waals surface area contributed by atoms with E-state index in [1.165, 1.54) is 35.6 Å². The number of anilines is 1. The Labute approximate surface area is 146 Å². The van der Waals surface area contributed by atoms with Crippen LogP contribution < -0.4 is 5.32 Å². The third-order valence-electron chi connectivity index (χ3n) is 3.17. The van der Waals surface area contributed by atoms with Crippen LogP contribution in [-0.4, -0.2) is 20.8 Å². The van der Waals surface area contributed by atoms with Crippen molar-refractivity contribution in [2.45, 2.75) is 0 Å². The molecule has 0 fully saturated rings. The Kier molecular flexibility index (Phi) is 4.91. The van der Waals surface area contributed by atoms with Crippen LogP contribution in [0.5, 0.6) is 0 Å². The molecule has 0 atom stereocenters. The van der Waals surface area contributed by atoms with Crippen LogP contribution in [0.2, 0.25) is 0 Å². The van der Waals surface area contributed by atoms with Gasteiger partial charge in [-0.1, -0.05) is 18.2 Å². The minimum atomic E-state index is -0.480. The molecule has 0 aliphatic rings. The summed E-state index contributed by atoms with van der Waals surface area (Å²) in [5, 5.41) is 15.7. The zero-order valence-corrected chi connectivity index (χ0v) is 13.6. The van der Waals surface area contributed by atoms with Crippen LogP contribution in [0.4, 0.5) is 10.8 Å². The van der Waals surface area contributed by atoms with Crippen LogP contribution in [0.15, 0.2) is 60.1 Å². The van der Waals surface area contributed by atoms with Gasteiger partial charge < -0.3 is 0 Å². The van der Waals surface area contributed by atoms with E-state index >= 15 is 0 Å². The van der Waals surface area contributed by atoms with Gasteiger partial charge in [0.15, 0.2) is 5.13 Å². The van der Waals surface area contributed by atoms with E-state index in [1.807, 2.05) is 23.6 Å². The Morgan fingerprint density at radius 2 is 2.08 bits per heavy atom. The molecule has 2 heterocycles. The van der Waals surface area contributed by atoms with Crippen molar-refractivity contribution >= 4 is 34.1 Å². The number of nitrogens with zero attached hydrogens (tertiary/aromatic N) is 3. The van der Waals surface area contributed by atoms with Gasteiger partial charge in [0.2, 0.25) is 5.91 Å². The number of hydrogen-bond donors (Lipinski definition) is 1. The van der Waals surface area contributed by atoms with E-state index in [9.17, 15) is 14.9 Å². The molecule has 0 aliphatic heterocycles. The summed E-state index contributed by atoms with van der Waals surface area (Å²) in [7, 11) is 0. The van der Waals surface area contributed by atoms with Gasteiger partial charge in [0.05, 0.1) is 10.6 Å². The minimum absolute atomic E-state index is 0.0255. The molecule has 1 N–H and O–H groups in total. The standard InChI is InChI=1S/C17H12N4O3S/c22-16(8-7-12-4-3-5-13(10-12)21(23)24)20-17-19-15(11-25-17)14-6-1-2-9-18-14/h1-11H,(H,19,20,22)/b8-7+. The number of nitro benzene ring substituents is 1. The molecular weight excluding hydrogens is 340 g/mol. The number of hydrogen-bond acceptors (Lipinski definition) is 6. The van der Waals surface area contributed by atoms with Crippen molar-refractivity contribution in [1.29, 1.82) is 0 Å². The number of benzene rings is 1. The Bertz CT molecular complexity index is 938. The number of thiazole rings is 1. The minimum Gasteiger partial charge on any atom is -0.298 e.